The molecule has 98 valence electrons. The number of hydrogen-bond donors (Lipinski definition) is 1. The van der Waals surface area contributed by atoms with Crippen LogP contribution in [0.4, 0.5) is 0 Å². The molecule has 1 heterocycles. The molecule has 1 saturated heterocycles. The van der Waals surface area contributed by atoms with Gasteiger partial charge < -0.3 is 15.0 Å². The van der Waals surface area contributed by atoms with Crippen LogP contribution in [0.1, 0.15) is 34.1 Å². The van der Waals surface area contributed by atoms with E-state index in [2.05, 4.69) is 5.32 Å². The van der Waals surface area contributed by atoms with Crippen molar-refractivity contribution in [3.05, 3.63) is 0 Å². The second kappa shape index (κ2) is 5.04. The smallest absolute Gasteiger partial charge is 0.249 e. The molecule has 1 aliphatic rings. The van der Waals surface area contributed by atoms with E-state index in [1.807, 2.05) is 13.8 Å². The van der Waals surface area contributed by atoms with E-state index in [0.717, 1.165) is 0 Å². The number of nitrogens with zero attached hydrogens (tertiary/aromatic N) is 1. The monoisotopic (exact) mass is 242 g/mol. The number of ether oxygens (including phenoxy) is 1. The Kier molecular flexibility index (Phi) is 4.14. The van der Waals surface area contributed by atoms with Gasteiger partial charge in [0.15, 0.2) is 0 Å². The number of carbonyl (C=O) groups excluding carboxylic acids is 2. The average Bonchev–Trinajstić information content (AvgIpc) is 2.27. The predicted octanol–water partition coefficient (Wildman–Crippen LogP) is 0.537. The van der Waals surface area contributed by atoms with Gasteiger partial charge in [0, 0.05) is 7.11 Å². The molecule has 0 aromatic carbocycles. The van der Waals surface area contributed by atoms with Crippen molar-refractivity contribution < 1.29 is 14.3 Å². The van der Waals surface area contributed by atoms with E-state index in [4.69, 9.17) is 4.74 Å². The van der Waals surface area contributed by atoms with Crippen molar-refractivity contribution in [1.29, 1.82) is 0 Å². The highest BCUT2D eigenvalue weighted by Crippen LogP contribution is 2.23. The molecular weight excluding hydrogens is 220 g/mol. The molecule has 1 fully saturated rings. The van der Waals surface area contributed by atoms with Crippen molar-refractivity contribution in [3.63, 3.8) is 0 Å². The summed E-state index contributed by atoms with van der Waals surface area (Å²) in [6.45, 7) is 7.74. The molecule has 0 spiro atoms. The molecular formula is C12H22N2O3. The molecule has 0 saturated carbocycles. The Balaban J connectivity index is 2.99. The van der Waals surface area contributed by atoms with Crippen molar-refractivity contribution in [1.82, 2.24) is 10.2 Å². The van der Waals surface area contributed by atoms with Gasteiger partial charge in [-0.05, 0) is 27.2 Å². The topological polar surface area (TPSA) is 58.6 Å². The van der Waals surface area contributed by atoms with Crippen LogP contribution < -0.4 is 5.32 Å². The Morgan fingerprint density at radius 3 is 2.59 bits per heavy atom. The molecule has 5 nitrogen and oxygen atoms in total. The maximum Gasteiger partial charge on any atom is 0.249 e. The van der Waals surface area contributed by atoms with E-state index in [9.17, 15) is 9.59 Å². The zero-order valence-corrected chi connectivity index (χ0v) is 11.2. The summed E-state index contributed by atoms with van der Waals surface area (Å²) in [6, 6.07) is -0.535. The zero-order valence-electron chi connectivity index (χ0n) is 11.2. The van der Waals surface area contributed by atoms with Crippen LogP contribution in [0.2, 0.25) is 0 Å². The number of carbonyl (C=O) groups is 2. The fourth-order valence-corrected chi connectivity index (χ4v) is 2.16. The molecule has 0 aliphatic carbocycles. The van der Waals surface area contributed by atoms with Gasteiger partial charge in [0.05, 0.1) is 12.6 Å². The maximum absolute atomic E-state index is 12.4. The normalized spacial score (nSPS) is 31.4. The molecule has 1 rings (SSSR count). The highest BCUT2D eigenvalue weighted by atomic mass is 16.5. The molecule has 0 radical (unpaired) electrons. The van der Waals surface area contributed by atoms with Gasteiger partial charge in [0.2, 0.25) is 11.8 Å². The van der Waals surface area contributed by atoms with E-state index in [1.54, 1.807) is 25.9 Å². The van der Waals surface area contributed by atoms with Crippen molar-refractivity contribution in [2.75, 3.05) is 13.7 Å². The van der Waals surface area contributed by atoms with Gasteiger partial charge in [0.25, 0.3) is 0 Å². The molecule has 5 heteroatoms. The highest BCUT2D eigenvalue weighted by molar-refractivity contribution is 5.99. The van der Waals surface area contributed by atoms with Crippen LogP contribution in [0, 0.1) is 0 Å². The van der Waals surface area contributed by atoms with Gasteiger partial charge in [-0.15, -0.1) is 0 Å². The molecule has 1 aliphatic heterocycles. The van der Waals surface area contributed by atoms with Gasteiger partial charge in [-0.1, -0.05) is 6.92 Å². The van der Waals surface area contributed by atoms with E-state index in [1.165, 1.54) is 0 Å². The predicted molar refractivity (Wildman–Crippen MR) is 64.5 cm³/mol. The lowest BCUT2D eigenvalue weighted by atomic mass is 9.91. The van der Waals surface area contributed by atoms with Gasteiger partial charge in [-0.3, -0.25) is 9.59 Å². The van der Waals surface area contributed by atoms with Crippen LogP contribution in [-0.4, -0.2) is 48.1 Å². The Hall–Kier alpha value is -1.10. The Labute approximate surface area is 102 Å². The molecule has 17 heavy (non-hydrogen) atoms. The minimum atomic E-state index is -0.786. The van der Waals surface area contributed by atoms with Crippen LogP contribution in [-0.2, 0) is 14.3 Å². The Bertz CT molecular complexity index is 319. The summed E-state index contributed by atoms with van der Waals surface area (Å²) in [4.78, 5) is 25.9. The number of hydrogen-bond acceptors (Lipinski definition) is 3. The van der Waals surface area contributed by atoms with Crippen LogP contribution in [0.15, 0.2) is 0 Å². The first kappa shape index (κ1) is 14.0. The molecule has 0 aromatic rings. The summed E-state index contributed by atoms with van der Waals surface area (Å²) >= 11 is 0. The quantitative estimate of drug-likeness (QED) is 0.782. The summed E-state index contributed by atoms with van der Waals surface area (Å²) in [6.07, 6.45) is 0.584. The first-order valence-electron chi connectivity index (χ1n) is 6.01. The van der Waals surface area contributed by atoms with Gasteiger partial charge in [-0.2, -0.15) is 0 Å². The fraction of sp³-hybridized carbons (Fsp3) is 0.833. The van der Waals surface area contributed by atoms with E-state index in [-0.39, 0.29) is 17.9 Å². The largest absolute Gasteiger partial charge is 0.383 e. The zero-order chi connectivity index (χ0) is 13.2. The molecule has 3 atom stereocenters. The van der Waals surface area contributed by atoms with Gasteiger partial charge in [0.1, 0.15) is 11.6 Å². The first-order valence-corrected chi connectivity index (χ1v) is 6.01. The average molecular weight is 242 g/mol. The Morgan fingerprint density at radius 2 is 2.12 bits per heavy atom. The Morgan fingerprint density at radius 1 is 1.53 bits per heavy atom. The lowest BCUT2D eigenvalue weighted by Gasteiger charge is -2.45. The molecule has 1 N–H and O–H groups in total. The standard InChI is InChI=1S/C12H22N2O3/c1-6-12(4)11(16)14(8(2)7-17-5)9(3)10(15)13-12/h8-9H,6-7H2,1-5H3,(H,13,15). The van der Waals surface area contributed by atoms with Crippen LogP contribution in [0.5, 0.6) is 0 Å². The maximum atomic E-state index is 12.4. The highest BCUT2D eigenvalue weighted by Gasteiger charge is 2.46. The molecule has 0 bridgehead atoms. The molecule has 3 unspecified atom stereocenters. The van der Waals surface area contributed by atoms with Crippen molar-refractivity contribution in [2.45, 2.75) is 51.7 Å². The third-order valence-corrected chi connectivity index (χ3v) is 3.49. The fourth-order valence-electron chi connectivity index (χ4n) is 2.16. The van der Waals surface area contributed by atoms with Crippen molar-refractivity contribution >= 4 is 11.8 Å². The van der Waals surface area contributed by atoms with Crippen molar-refractivity contribution in [2.24, 2.45) is 0 Å². The summed E-state index contributed by atoms with van der Waals surface area (Å²) in [5, 5.41) is 2.80. The van der Waals surface area contributed by atoms with E-state index in [0.29, 0.717) is 13.0 Å². The third kappa shape index (κ3) is 2.44. The number of nitrogens with one attached hydrogen (secondary N) is 1. The third-order valence-electron chi connectivity index (χ3n) is 3.49. The SMILES string of the molecule is CCC1(C)NC(=O)C(C)N(C(C)COC)C1=O. The molecule has 0 aromatic heterocycles. The molecule has 2 amide bonds. The van der Waals surface area contributed by atoms with Crippen LogP contribution >= 0.6 is 0 Å². The van der Waals surface area contributed by atoms with Gasteiger partial charge >= 0.3 is 0 Å². The summed E-state index contributed by atoms with van der Waals surface area (Å²) in [5.41, 5.74) is -0.786. The van der Waals surface area contributed by atoms with Gasteiger partial charge in [-0.25, -0.2) is 0 Å². The number of amides is 2. The lowest BCUT2D eigenvalue weighted by Crippen LogP contribution is -2.70. The van der Waals surface area contributed by atoms with Crippen LogP contribution in [0.3, 0.4) is 0 Å². The summed E-state index contributed by atoms with van der Waals surface area (Å²) in [5.74, 6) is -0.131. The second-order valence-electron chi connectivity index (χ2n) is 4.87. The lowest BCUT2D eigenvalue weighted by molar-refractivity contribution is -0.157. The second-order valence-corrected chi connectivity index (χ2v) is 4.87. The number of piperazine rings is 1. The number of methoxy groups -OCH3 is 1. The first-order chi connectivity index (χ1) is 7.87. The minimum absolute atomic E-state index is 0.0309. The minimum Gasteiger partial charge on any atom is -0.383 e. The van der Waals surface area contributed by atoms with Crippen LogP contribution in [0.25, 0.3) is 0 Å². The summed E-state index contributed by atoms with van der Waals surface area (Å²) in [7, 11) is 1.59. The van der Waals surface area contributed by atoms with E-state index < -0.39 is 11.6 Å². The number of rotatable bonds is 4. The van der Waals surface area contributed by atoms with E-state index >= 15 is 0 Å². The summed E-state index contributed by atoms with van der Waals surface area (Å²) < 4.78 is 5.06. The van der Waals surface area contributed by atoms with Crippen molar-refractivity contribution in [3.8, 4) is 0 Å².